The second-order valence-electron chi connectivity index (χ2n) is 7.98. The van der Waals surface area contributed by atoms with Gasteiger partial charge in [-0.1, -0.05) is 72.8 Å². The van der Waals surface area contributed by atoms with Crippen molar-refractivity contribution in [3.63, 3.8) is 0 Å². The molecule has 168 valence electrons. The average molecular weight is 469 g/mol. The minimum atomic E-state index is -1.87. The Hall–Kier alpha value is -4.10. The highest BCUT2D eigenvalue weighted by Crippen LogP contribution is 2.26. The molecular formula is C27H20N2O4S. The van der Waals surface area contributed by atoms with E-state index in [1.54, 1.807) is 36.4 Å². The predicted molar refractivity (Wildman–Crippen MR) is 129 cm³/mol. The highest BCUT2D eigenvalue weighted by atomic mass is 32.2. The van der Waals surface area contributed by atoms with Gasteiger partial charge in [0, 0.05) is 6.42 Å². The van der Waals surface area contributed by atoms with Crippen LogP contribution in [0.2, 0.25) is 0 Å². The first-order valence-corrected chi connectivity index (χ1v) is 11.9. The number of rotatable bonds is 6. The van der Waals surface area contributed by atoms with E-state index in [4.69, 9.17) is 0 Å². The van der Waals surface area contributed by atoms with Crippen LogP contribution in [0.4, 0.5) is 0 Å². The number of hydrogen-bond donors (Lipinski definition) is 1. The van der Waals surface area contributed by atoms with Gasteiger partial charge < -0.3 is 0 Å². The van der Waals surface area contributed by atoms with Gasteiger partial charge in [0.25, 0.3) is 17.7 Å². The van der Waals surface area contributed by atoms with E-state index < -0.39 is 34.7 Å². The Balaban J connectivity index is 1.45. The summed E-state index contributed by atoms with van der Waals surface area (Å²) in [5, 5.41) is 1.88. The summed E-state index contributed by atoms with van der Waals surface area (Å²) in [5.74, 6) is -1.73. The molecule has 0 aromatic heterocycles. The lowest BCUT2D eigenvalue weighted by atomic mass is 10.0. The minimum absolute atomic E-state index is 0.104. The molecule has 0 radical (unpaired) electrons. The quantitative estimate of drug-likeness (QED) is 0.435. The summed E-state index contributed by atoms with van der Waals surface area (Å²) >= 11 is 0. The molecule has 1 aliphatic heterocycles. The maximum atomic E-state index is 13.4. The lowest BCUT2D eigenvalue weighted by Crippen LogP contribution is -2.51. The van der Waals surface area contributed by atoms with Crippen molar-refractivity contribution in [2.24, 2.45) is 0 Å². The number of carbonyl (C=O) groups is 3. The summed E-state index contributed by atoms with van der Waals surface area (Å²) in [4.78, 5) is 41.0. The molecule has 0 saturated carbocycles. The molecule has 2 atom stereocenters. The Morgan fingerprint density at radius 1 is 0.765 bits per heavy atom. The summed E-state index contributed by atoms with van der Waals surface area (Å²) in [5.41, 5.74) is 1.29. The van der Waals surface area contributed by atoms with E-state index in [0.29, 0.717) is 4.90 Å². The predicted octanol–water partition coefficient (Wildman–Crippen LogP) is 3.89. The molecule has 0 saturated heterocycles. The van der Waals surface area contributed by atoms with Crippen molar-refractivity contribution >= 4 is 39.5 Å². The lowest BCUT2D eigenvalue weighted by molar-refractivity contribution is -0.123. The third-order valence-corrected chi connectivity index (χ3v) is 6.91. The van der Waals surface area contributed by atoms with Crippen molar-refractivity contribution < 1.29 is 18.6 Å². The Bertz CT molecular complexity index is 1420. The molecule has 6 nitrogen and oxygen atoms in total. The molecule has 5 rings (SSSR count). The van der Waals surface area contributed by atoms with Crippen LogP contribution in [-0.2, 0) is 22.2 Å². The summed E-state index contributed by atoms with van der Waals surface area (Å²) < 4.78 is 15.6. The van der Waals surface area contributed by atoms with E-state index in [9.17, 15) is 18.6 Å². The fraction of sp³-hybridized carbons (Fsp3) is 0.0741. The summed E-state index contributed by atoms with van der Waals surface area (Å²) in [6.45, 7) is 0. The molecule has 1 heterocycles. The molecule has 1 N–H and O–H groups in total. The highest BCUT2D eigenvalue weighted by Gasteiger charge is 2.43. The third-order valence-electron chi connectivity index (χ3n) is 5.84. The fourth-order valence-corrected chi connectivity index (χ4v) is 4.99. The Labute approximate surface area is 198 Å². The molecule has 4 aromatic rings. The van der Waals surface area contributed by atoms with Crippen LogP contribution >= 0.6 is 0 Å². The van der Waals surface area contributed by atoms with Gasteiger partial charge in [-0.05, 0) is 40.6 Å². The number of benzene rings is 4. The molecule has 0 fully saturated rings. The molecule has 2 unspecified atom stereocenters. The first kappa shape index (κ1) is 21.7. The van der Waals surface area contributed by atoms with E-state index >= 15 is 0 Å². The van der Waals surface area contributed by atoms with Gasteiger partial charge >= 0.3 is 0 Å². The van der Waals surface area contributed by atoms with E-state index in [1.165, 1.54) is 0 Å². The average Bonchev–Trinajstić information content (AvgIpc) is 3.12. The van der Waals surface area contributed by atoms with Gasteiger partial charge in [-0.3, -0.25) is 24.0 Å². The number of nitrogens with one attached hydrogen (secondary N) is 1. The SMILES string of the molecule is O=C(NS(=O)c1ccc2ccccc2c1)C(Cc1ccccc1)N1C(=O)c2ccccc2C1=O. The van der Waals surface area contributed by atoms with Crippen LogP contribution in [0.25, 0.3) is 10.8 Å². The maximum Gasteiger partial charge on any atom is 0.262 e. The summed E-state index contributed by atoms with van der Waals surface area (Å²) in [6, 6.07) is 27.4. The zero-order chi connectivity index (χ0) is 23.7. The van der Waals surface area contributed by atoms with Crippen LogP contribution < -0.4 is 4.72 Å². The van der Waals surface area contributed by atoms with Gasteiger partial charge in [-0.15, -0.1) is 0 Å². The van der Waals surface area contributed by atoms with Crippen LogP contribution in [0.3, 0.4) is 0 Å². The number of imide groups is 1. The number of hydrogen-bond acceptors (Lipinski definition) is 4. The molecule has 3 amide bonds. The summed E-state index contributed by atoms with van der Waals surface area (Å²) in [7, 11) is -1.87. The van der Waals surface area contributed by atoms with Crippen molar-refractivity contribution in [3.05, 3.63) is 114 Å². The monoisotopic (exact) mass is 468 g/mol. The second kappa shape index (κ2) is 9.03. The van der Waals surface area contributed by atoms with Crippen molar-refractivity contribution in [1.82, 2.24) is 9.62 Å². The topological polar surface area (TPSA) is 83.6 Å². The summed E-state index contributed by atoms with van der Waals surface area (Å²) in [6.07, 6.45) is 0.104. The van der Waals surface area contributed by atoms with Crippen LogP contribution in [0.15, 0.2) is 102 Å². The van der Waals surface area contributed by atoms with Crippen molar-refractivity contribution in [2.45, 2.75) is 17.4 Å². The van der Waals surface area contributed by atoms with Crippen molar-refractivity contribution in [1.29, 1.82) is 0 Å². The van der Waals surface area contributed by atoms with Gasteiger partial charge in [0.15, 0.2) is 11.0 Å². The zero-order valence-corrected chi connectivity index (χ0v) is 18.8. The highest BCUT2D eigenvalue weighted by molar-refractivity contribution is 7.83. The standard InChI is InChI=1S/C27H20N2O4S/c30-25(28-34(33)21-15-14-19-10-4-5-11-20(19)17-21)24(16-18-8-2-1-3-9-18)29-26(31)22-12-6-7-13-23(22)27(29)32/h1-15,17,24H,16H2,(H,28,30). The molecular weight excluding hydrogens is 448 g/mol. The van der Waals surface area contributed by atoms with Gasteiger partial charge in [0.2, 0.25) is 0 Å². The van der Waals surface area contributed by atoms with Crippen molar-refractivity contribution in [2.75, 3.05) is 0 Å². The molecule has 0 bridgehead atoms. The third kappa shape index (κ3) is 4.02. The zero-order valence-electron chi connectivity index (χ0n) is 18.0. The molecule has 4 aromatic carbocycles. The Kier molecular flexibility index (Phi) is 5.77. The second-order valence-corrected chi connectivity index (χ2v) is 9.19. The van der Waals surface area contributed by atoms with Gasteiger partial charge in [-0.2, -0.15) is 0 Å². The Morgan fingerprint density at radius 3 is 2.03 bits per heavy atom. The van der Waals surface area contributed by atoms with Crippen LogP contribution in [0.1, 0.15) is 26.3 Å². The lowest BCUT2D eigenvalue weighted by Gasteiger charge is -2.25. The number of nitrogens with zero attached hydrogens (tertiary/aromatic N) is 1. The van der Waals surface area contributed by atoms with E-state index in [-0.39, 0.29) is 17.5 Å². The largest absolute Gasteiger partial charge is 0.272 e. The smallest absolute Gasteiger partial charge is 0.262 e. The molecule has 0 spiro atoms. The number of amides is 3. The molecule has 7 heteroatoms. The van der Waals surface area contributed by atoms with E-state index in [2.05, 4.69) is 4.72 Å². The molecule has 0 aliphatic carbocycles. The van der Waals surface area contributed by atoms with Gasteiger partial charge in [-0.25, -0.2) is 4.21 Å². The maximum absolute atomic E-state index is 13.4. The fourth-order valence-electron chi connectivity index (χ4n) is 4.13. The normalized spacial score (nSPS) is 14.6. The van der Waals surface area contributed by atoms with Crippen LogP contribution in [-0.4, -0.2) is 32.9 Å². The van der Waals surface area contributed by atoms with E-state index in [1.807, 2.05) is 60.7 Å². The number of carbonyl (C=O) groups excluding carboxylic acids is 3. The van der Waals surface area contributed by atoms with Crippen LogP contribution in [0.5, 0.6) is 0 Å². The van der Waals surface area contributed by atoms with E-state index in [0.717, 1.165) is 21.2 Å². The van der Waals surface area contributed by atoms with Crippen LogP contribution in [0, 0.1) is 0 Å². The first-order chi connectivity index (χ1) is 16.5. The first-order valence-electron chi connectivity index (χ1n) is 10.7. The molecule has 1 aliphatic rings. The molecule has 34 heavy (non-hydrogen) atoms. The van der Waals surface area contributed by atoms with Gasteiger partial charge in [0.1, 0.15) is 6.04 Å². The van der Waals surface area contributed by atoms with Gasteiger partial charge in [0.05, 0.1) is 16.0 Å². The van der Waals surface area contributed by atoms with Crippen molar-refractivity contribution in [3.8, 4) is 0 Å². The number of fused-ring (bicyclic) bond motifs is 2. The minimum Gasteiger partial charge on any atom is -0.272 e. The Morgan fingerprint density at radius 2 is 1.35 bits per heavy atom.